The van der Waals surface area contributed by atoms with Crippen molar-refractivity contribution in [1.29, 1.82) is 0 Å². The highest BCUT2D eigenvalue weighted by Crippen LogP contribution is 2.30. The highest BCUT2D eigenvalue weighted by Gasteiger charge is 2.05. The molecule has 2 aromatic rings. The van der Waals surface area contributed by atoms with Crippen molar-refractivity contribution in [3.63, 3.8) is 0 Å². The zero-order valence-corrected chi connectivity index (χ0v) is 9.35. The summed E-state index contributed by atoms with van der Waals surface area (Å²) in [6.07, 6.45) is 0. The van der Waals surface area contributed by atoms with Gasteiger partial charge in [-0.2, -0.15) is 0 Å². The monoisotopic (exact) mass is 244 g/mol. The molecular formula is C9H5FOS3. The van der Waals surface area contributed by atoms with E-state index in [0.29, 0.717) is 20.6 Å². The van der Waals surface area contributed by atoms with Crippen molar-refractivity contribution in [1.82, 2.24) is 0 Å². The Bertz CT molecular complexity index is 537. The van der Waals surface area contributed by atoms with Crippen LogP contribution in [0.25, 0.3) is 10.4 Å². The summed E-state index contributed by atoms with van der Waals surface area (Å²) < 4.78 is 24.5. The molecule has 0 saturated carbocycles. The maximum absolute atomic E-state index is 13.3. The fraction of sp³-hybridized carbons (Fsp3) is 0. The van der Waals surface area contributed by atoms with Crippen molar-refractivity contribution >= 4 is 31.9 Å². The molecule has 0 radical (unpaired) electrons. The van der Waals surface area contributed by atoms with Crippen molar-refractivity contribution in [2.45, 2.75) is 0 Å². The van der Waals surface area contributed by atoms with E-state index in [4.69, 9.17) is 0 Å². The Morgan fingerprint density at radius 2 is 2.00 bits per heavy atom. The van der Waals surface area contributed by atoms with Gasteiger partial charge in [0.2, 0.25) is 0 Å². The van der Waals surface area contributed by atoms with Gasteiger partial charge < -0.3 is 0 Å². The van der Waals surface area contributed by atoms with E-state index in [0.717, 1.165) is 4.88 Å². The van der Waals surface area contributed by atoms with Gasteiger partial charge in [0.15, 0.2) is 0 Å². The number of hydrogen-bond donors (Lipinski definition) is 0. The number of halogens is 1. The van der Waals surface area contributed by atoms with Gasteiger partial charge in [0, 0.05) is 5.56 Å². The molecule has 5 heteroatoms. The van der Waals surface area contributed by atoms with E-state index in [1.165, 1.54) is 26.7 Å². The van der Waals surface area contributed by atoms with Crippen LogP contribution in [0.2, 0.25) is 0 Å². The molecule has 0 aliphatic rings. The van der Waals surface area contributed by atoms with Crippen molar-refractivity contribution in [3.05, 3.63) is 40.0 Å². The van der Waals surface area contributed by atoms with Crippen LogP contribution in [-0.2, 0) is 11.3 Å². The maximum atomic E-state index is 13.3. The number of hydrogen-bond acceptors (Lipinski definition) is 3. The van der Waals surface area contributed by atoms with Crippen molar-refractivity contribution in [3.8, 4) is 10.4 Å². The summed E-state index contributed by atoms with van der Waals surface area (Å²) in [5.74, 6) is -0.246. The van der Waals surface area contributed by atoms with E-state index in [-0.39, 0.29) is 5.82 Å². The minimum absolute atomic E-state index is 0.246. The first kappa shape index (κ1) is 9.76. The largest absolute Gasteiger partial charge is 0.211 e. The fourth-order valence-corrected chi connectivity index (χ4v) is 3.88. The van der Waals surface area contributed by atoms with Gasteiger partial charge in [-0.3, -0.25) is 0 Å². The van der Waals surface area contributed by atoms with E-state index in [2.05, 4.69) is 0 Å². The number of benzene rings is 1. The Balaban J connectivity index is 2.60. The van der Waals surface area contributed by atoms with Gasteiger partial charge in [0.05, 0.1) is 4.88 Å². The van der Waals surface area contributed by atoms with E-state index in [1.807, 2.05) is 0 Å². The van der Waals surface area contributed by atoms with E-state index < -0.39 is 0 Å². The predicted octanol–water partition coefficient (Wildman–Crippen LogP) is 3.36. The lowest BCUT2D eigenvalue weighted by Crippen LogP contribution is -1.78. The van der Waals surface area contributed by atoms with Crippen LogP contribution in [0.15, 0.2) is 30.3 Å². The van der Waals surface area contributed by atoms with Gasteiger partial charge in [-0.25, -0.2) is 8.60 Å². The lowest BCUT2D eigenvalue weighted by Gasteiger charge is -1.96. The summed E-state index contributed by atoms with van der Waals surface area (Å²) >= 11 is 0.447. The van der Waals surface area contributed by atoms with Gasteiger partial charge in [-0.15, -0.1) is 0 Å². The van der Waals surface area contributed by atoms with Crippen LogP contribution in [0.5, 0.6) is 0 Å². The lowest BCUT2D eigenvalue weighted by molar-refractivity contribution is 0.631. The normalized spacial score (nSPS) is 10.1. The molecule has 0 bridgehead atoms. The van der Waals surface area contributed by atoms with Gasteiger partial charge in [-0.1, -0.05) is 38.9 Å². The molecule has 0 unspecified atom stereocenters. The molecule has 72 valence electrons. The maximum Gasteiger partial charge on any atom is 0.132 e. The Hall–Kier alpha value is -0.780. The topological polar surface area (TPSA) is 17.1 Å². The van der Waals surface area contributed by atoms with Crippen molar-refractivity contribution in [2.24, 2.45) is 0 Å². The summed E-state index contributed by atoms with van der Waals surface area (Å²) in [6.45, 7) is 0. The zero-order valence-electron chi connectivity index (χ0n) is 6.90. The quantitative estimate of drug-likeness (QED) is 0.555. The minimum atomic E-state index is -0.246. The van der Waals surface area contributed by atoms with Crippen LogP contribution in [0.3, 0.4) is 0 Å². The lowest BCUT2D eigenvalue weighted by atomic mass is 10.2. The van der Waals surface area contributed by atoms with Crippen LogP contribution in [0, 0.1) is 9.64 Å². The van der Waals surface area contributed by atoms with Gasteiger partial charge in [-0.05, 0) is 12.1 Å². The molecule has 2 rings (SSSR count). The number of rotatable bonds is 1. The fourth-order valence-electron chi connectivity index (χ4n) is 1.06. The molecule has 0 fully saturated rings. The first-order valence-electron chi connectivity index (χ1n) is 3.79. The molecule has 0 saturated heterocycles. The summed E-state index contributed by atoms with van der Waals surface area (Å²) in [4.78, 5) is 0.812. The second-order valence-corrected chi connectivity index (χ2v) is 5.64. The summed E-state index contributed by atoms with van der Waals surface area (Å²) in [6, 6.07) is 8.30. The van der Waals surface area contributed by atoms with Crippen LogP contribution in [0.1, 0.15) is 0 Å². The highest BCUT2D eigenvalue weighted by atomic mass is 32.9. The summed E-state index contributed by atoms with van der Waals surface area (Å²) in [5.41, 5.74) is 0.564. The van der Waals surface area contributed by atoms with Crippen LogP contribution in [-0.4, -0.2) is 4.21 Å². The zero-order chi connectivity index (χ0) is 9.97. The molecule has 1 aromatic heterocycles. The molecule has 0 amide bonds. The first-order valence-corrected chi connectivity index (χ1v) is 6.68. The molecule has 0 atom stereocenters. The molecular weight excluding hydrogens is 239 g/mol. The molecule has 14 heavy (non-hydrogen) atoms. The van der Waals surface area contributed by atoms with E-state index in [9.17, 15) is 8.60 Å². The van der Waals surface area contributed by atoms with Gasteiger partial charge in [0.25, 0.3) is 0 Å². The third kappa shape index (κ3) is 1.84. The third-order valence-electron chi connectivity index (χ3n) is 1.68. The Kier molecular flexibility index (Phi) is 2.90. The molecule has 0 aliphatic heterocycles. The highest BCUT2D eigenvalue weighted by molar-refractivity contribution is 7.74. The Morgan fingerprint density at radius 3 is 2.64 bits per heavy atom. The Morgan fingerprint density at radius 1 is 1.21 bits per heavy atom. The molecule has 1 nitrogen and oxygen atoms in total. The molecule has 0 aliphatic carbocycles. The second-order valence-electron chi connectivity index (χ2n) is 2.56. The smallest absolute Gasteiger partial charge is 0.132 e. The molecule has 1 heterocycles. The first-order chi connectivity index (χ1) is 6.81. The Labute approximate surface area is 90.9 Å². The summed E-state index contributed by atoms with van der Waals surface area (Å²) in [5, 5.41) is 0. The third-order valence-corrected chi connectivity index (χ3v) is 4.95. The average Bonchev–Trinajstić information content (AvgIpc) is 2.67. The predicted molar refractivity (Wildman–Crippen MR) is 59.0 cm³/mol. The summed E-state index contributed by atoms with van der Waals surface area (Å²) in [7, 11) is 2.80. The van der Waals surface area contributed by atoms with Gasteiger partial charge in [0.1, 0.15) is 20.9 Å². The van der Waals surface area contributed by atoms with Crippen LogP contribution in [0.4, 0.5) is 4.39 Å². The standard InChI is InChI=1S/C9H5FOS3/c10-7-4-2-1-3-6(7)8-5-9(12-11)14-13-8/h1-5H. The van der Waals surface area contributed by atoms with Crippen molar-refractivity contribution in [2.75, 3.05) is 0 Å². The average molecular weight is 244 g/mol. The van der Waals surface area contributed by atoms with Crippen LogP contribution < -0.4 is 0 Å². The minimum Gasteiger partial charge on any atom is -0.211 e. The SMILES string of the molecule is O=S=c1cc(-c2ccccc2F)ss1. The second kappa shape index (κ2) is 4.16. The van der Waals surface area contributed by atoms with Gasteiger partial charge >= 0.3 is 0 Å². The van der Waals surface area contributed by atoms with Crippen LogP contribution >= 0.6 is 20.7 Å². The van der Waals surface area contributed by atoms with Crippen molar-refractivity contribution < 1.29 is 8.60 Å². The van der Waals surface area contributed by atoms with E-state index in [1.54, 1.807) is 24.3 Å². The van der Waals surface area contributed by atoms with E-state index >= 15 is 0 Å². The molecule has 1 aromatic carbocycles. The molecule has 0 spiro atoms. The molecule has 0 N–H and O–H groups in total.